The van der Waals surface area contributed by atoms with Gasteiger partial charge in [-0.1, -0.05) is 13.3 Å². The molecule has 0 aromatic carbocycles. The van der Waals surface area contributed by atoms with Gasteiger partial charge < -0.3 is 16.0 Å². The minimum atomic E-state index is 0.0533. The third-order valence-corrected chi connectivity index (χ3v) is 4.17. The van der Waals surface area contributed by atoms with Crippen LogP contribution in [0.2, 0.25) is 0 Å². The Hall–Kier alpha value is -1.72. The van der Waals surface area contributed by atoms with Crippen molar-refractivity contribution in [3.63, 3.8) is 0 Å². The predicted octanol–water partition coefficient (Wildman–Crippen LogP) is 1.31. The van der Waals surface area contributed by atoms with E-state index in [-0.39, 0.29) is 5.91 Å². The van der Waals surface area contributed by atoms with Gasteiger partial charge in [-0.3, -0.25) is 9.48 Å². The van der Waals surface area contributed by atoms with Gasteiger partial charge in [0.05, 0.1) is 11.4 Å². The molecule has 6 nitrogen and oxygen atoms in total. The molecule has 6 heteroatoms. The summed E-state index contributed by atoms with van der Waals surface area (Å²) in [6.07, 6.45) is 4.14. The highest BCUT2D eigenvalue weighted by Crippen LogP contribution is 2.30. The number of nitrogen functional groups attached to an aromatic ring is 1. The van der Waals surface area contributed by atoms with Crippen molar-refractivity contribution >= 4 is 17.4 Å². The Bertz CT molecular complexity index is 488. The molecule has 1 aromatic heterocycles. The Morgan fingerprint density at radius 1 is 1.43 bits per heavy atom. The van der Waals surface area contributed by atoms with E-state index in [0.29, 0.717) is 5.92 Å². The number of nitrogens with one attached hydrogen (secondary N) is 1. The van der Waals surface area contributed by atoms with Gasteiger partial charge in [0.25, 0.3) is 0 Å². The van der Waals surface area contributed by atoms with Crippen LogP contribution in [-0.4, -0.2) is 35.3 Å². The number of piperidine rings is 1. The summed E-state index contributed by atoms with van der Waals surface area (Å²) in [6.45, 7) is 6.44. The average molecular weight is 293 g/mol. The Morgan fingerprint density at radius 3 is 2.67 bits per heavy atom. The van der Waals surface area contributed by atoms with Crippen molar-refractivity contribution in [1.82, 2.24) is 15.1 Å². The number of hydrogen-bond donors (Lipinski definition) is 2. The van der Waals surface area contributed by atoms with Crippen LogP contribution < -0.4 is 16.0 Å². The minimum absolute atomic E-state index is 0.0533. The van der Waals surface area contributed by atoms with Crippen LogP contribution in [0.15, 0.2) is 0 Å². The number of carbonyl (C=O) groups excluding carboxylic acids is 1. The van der Waals surface area contributed by atoms with E-state index in [1.54, 1.807) is 6.92 Å². The molecule has 21 heavy (non-hydrogen) atoms. The second kappa shape index (κ2) is 6.83. The van der Waals surface area contributed by atoms with Crippen LogP contribution in [0.3, 0.4) is 0 Å². The van der Waals surface area contributed by atoms with Gasteiger partial charge in [0.1, 0.15) is 5.82 Å². The van der Waals surface area contributed by atoms with Crippen LogP contribution in [-0.2, 0) is 18.3 Å². The maximum Gasteiger partial charge on any atom is 0.216 e. The molecule has 2 rings (SSSR count). The first-order valence-corrected chi connectivity index (χ1v) is 7.83. The molecule has 0 unspecified atom stereocenters. The monoisotopic (exact) mass is 293 g/mol. The molecule has 1 aliphatic heterocycles. The number of amides is 1. The second-order valence-electron chi connectivity index (χ2n) is 5.93. The fourth-order valence-corrected chi connectivity index (χ4v) is 3.02. The zero-order valence-corrected chi connectivity index (χ0v) is 13.4. The molecule has 2 heterocycles. The summed E-state index contributed by atoms with van der Waals surface area (Å²) in [7, 11) is 1.97. The van der Waals surface area contributed by atoms with Gasteiger partial charge in [-0.05, 0) is 25.2 Å². The van der Waals surface area contributed by atoms with Gasteiger partial charge in [-0.15, -0.1) is 0 Å². The highest BCUT2D eigenvalue weighted by Gasteiger charge is 2.24. The number of carbonyl (C=O) groups is 1. The second-order valence-corrected chi connectivity index (χ2v) is 5.93. The molecule has 0 radical (unpaired) electrons. The maximum atomic E-state index is 11.0. The van der Waals surface area contributed by atoms with Gasteiger partial charge in [-0.2, -0.15) is 5.10 Å². The predicted molar refractivity (Wildman–Crippen MR) is 85.2 cm³/mol. The van der Waals surface area contributed by atoms with E-state index in [0.717, 1.165) is 62.5 Å². The van der Waals surface area contributed by atoms with Crippen molar-refractivity contribution < 1.29 is 4.79 Å². The smallest absolute Gasteiger partial charge is 0.216 e. The molecule has 0 aliphatic carbocycles. The lowest BCUT2D eigenvalue weighted by molar-refractivity contribution is -0.119. The molecule has 0 bridgehead atoms. The largest absolute Gasteiger partial charge is 0.394 e. The number of rotatable bonds is 5. The molecule has 0 atom stereocenters. The van der Waals surface area contributed by atoms with E-state index in [1.807, 2.05) is 11.7 Å². The van der Waals surface area contributed by atoms with Gasteiger partial charge in [0.2, 0.25) is 5.91 Å². The molecule has 1 amide bonds. The SMILES string of the molecule is CCCc1nn(C)c(N2CCC(CNC(C)=O)CC2)c1N. The van der Waals surface area contributed by atoms with E-state index in [4.69, 9.17) is 5.73 Å². The standard InChI is InChI=1S/C15H27N5O/c1-4-5-13-14(16)15(19(3)18-13)20-8-6-12(7-9-20)10-17-11(2)21/h12H,4-10,16H2,1-3H3,(H,17,21). The van der Waals surface area contributed by atoms with E-state index < -0.39 is 0 Å². The van der Waals surface area contributed by atoms with Crippen LogP contribution in [0.5, 0.6) is 0 Å². The lowest BCUT2D eigenvalue weighted by Gasteiger charge is -2.33. The molecular weight excluding hydrogens is 266 g/mol. The van der Waals surface area contributed by atoms with Crippen LogP contribution >= 0.6 is 0 Å². The molecular formula is C15H27N5O. The first-order chi connectivity index (χ1) is 10.0. The van der Waals surface area contributed by atoms with Crippen LogP contribution in [0.1, 0.15) is 38.8 Å². The quantitative estimate of drug-likeness (QED) is 0.858. The van der Waals surface area contributed by atoms with Gasteiger partial charge in [0, 0.05) is 33.6 Å². The molecule has 1 fully saturated rings. The molecule has 1 saturated heterocycles. The summed E-state index contributed by atoms with van der Waals surface area (Å²) in [6, 6.07) is 0. The Balaban J connectivity index is 1.97. The van der Waals surface area contributed by atoms with E-state index in [2.05, 4.69) is 22.2 Å². The number of aromatic nitrogens is 2. The van der Waals surface area contributed by atoms with Crippen molar-refractivity contribution in [3.8, 4) is 0 Å². The lowest BCUT2D eigenvalue weighted by Crippen LogP contribution is -2.39. The highest BCUT2D eigenvalue weighted by molar-refractivity contribution is 5.72. The van der Waals surface area contributed by atoms with Crippen molar-refractivity contribution in [2.45, 2.75) is 39.5 Å². The summed E-state index contributed by atoms with van der Waals surface area (Å²) >= 11 is 0. The van der Waals surface area contributed by atoms with Crippen molar-refractivity contribution in [2.24, 2.45) is 13.0 Å². The normalized spacial score (nSPS) is 16.2. The molecule has 118 valence electrons. The maximum absolute atomic E-state index is 11.0. The first-order valence-electron chi connectivity index (χ1n) is 7.83. The van der Waals surface area contributed by atoms with Crippen LogP contribution in [0, 0.1) is 5.92 Å². The van der Waals surface area contributed by atoms with Crippen molar-refractivity contribution in [3.05, 3.63) is 5.69 Å². The summed E-state index contributed by atoms with van der Waals surface area (Å²) in [5.74, 6) is 1.67. The first kappa shape index (κ1) is 15.7. The molecule has 0 spiro atoms. The van der Waals surface area contributed by atoms with Gasteiger partial charge in [-0.25, -0.2) is 0 Å². The molecule has 0 saturated carbocycles. The fourth-order valence-electron chi connectivity index (χ4n) is 3.02. The lowest BCUT2D eigenvalue weighted by atomic mass is 9.96. The molecule has 1 aliphatic rings. The molecule has 3 N–H and O–H groups in total. The zero-order chi connectivity index (χ0) is 15.4. The fraction of sp³-hybridized carbons (Fsp3) is 0.733. The van der Waals surface area contributed by atoms with Crippen LogP contribution in [0.25, 0.3) is 0 Å². The average Bonchev–Trinajstić information content (AvgIpc) is 2.72. The van der Waals surface area contributed by atoms with Crippen molar-refractivity contribution in [1.29, 1.82) is 0 Å². The third kappa shape index (κ3) is 3.68. The number of hydrogen-bond acceptors (Lipinski definition) is 4. The summed E-state index contributed by atoms with van der Waals surface area (Å²) in [5, 5.41) is 7.46. The number of aryl methyl sites for hydroxylation is 2. The summed E-state index contributed by atoms with van der Waals surface area (Å²) in [4.78, 5) is 13.3. The number of nitrogens with zero attached hydrogens (tertiary/aromatic N) is 3. The minimum Gasteiger partial charge on any atom is -0.394 e. The van der Waals surface area contributed by atoms with Gasteiger partial charge in [0.15, 0.2) is 0 Å². The topological polar surface area (TPSA) is 76.2 Å². The highest BCUT2D eigenvalue weighted by atomic mass is 16.1. The molecule has 1 aromatic rings. The number of anilines is 2. The van der Waals surface area contributed by atoms with Gasteiger partial charge >= 0.3 is 0 Å². The summed E-state index contributed by atoms with van der Waals surface area (Å²) < 4.78 is 1.91. The van der Waals surface area contributed by atoms with E-state index in [9.17, 15) is 4.79 Å². The summed E-state index contributed by atoms with van der Waals surface area (Å²) in [5.41, 5.74) is 8.11. The van der Waals surface area contributed by atoms with E-state index in [1.165, 1.54) is 0 Å². The van der Waals surface area contributed by atoms with Crippen LogP contribution in [0.4, 0.5) is 11.5 Å². The number of nitrogens with two attached hydrogens (primary N) is 1. The third-order valence-electron chi connectivity index (χ3n) is 4.17. The van der Waals surface area contributed by atoms with E-state index >= 15 is 0 Å². The Kier molecular flexibility index (Phi) is 5.09. The van der Waals surface area contributed by atoms with Crippen molar-refractivity contribution in [2.75, 3.05) is 30.3 Å². The zero-order valence-electron chi connectivity index (χ0n) is 13.4. The Labute approximate surface area is 126 Å². The Morgan fingerprint density at radius 2 is 2.10 bits per heavy atom.